The average molecular weight is 512 g/mol. The number of nitrogens with one attached hydrogen (secondary N) is 2. The molecule has 0 unspecified atom stereocenters. The molecule has 2 aromatic heterocycles. The Labute approximate surface area is 218 Å². The fraction of sp³-hybridized carbons (Fsp3) is 0.107. The van der Waals surface area contributed by atoms with E-state index < -0.39 is 0 Å². The number of nitrogens with two attached hydrogens (primary N) is 1. The van der Waals surface area contributed by atoms with Crippen LogP contribution in [0.2, 0.25) is 0 Å². The number of thiophene rings is 1. The molecule has 186 valence electrons. The summed E-state index contributed by atoms with van der Waals surface area (Å²) in [5, 5.41) is 9.11. The smallest absolute Gasteiger partial charge is 0.255 e. The van der Waals surface area contributed by atoms with E-state index in [0.29, 0.717) is 40.8 Å². The summed E-state index contributed by atoms with van der Waals surface area (Å²) in [5.74, 6) is 1.66. The van der Waals surface area contributed by atoms with Crippen molar-refractivity contribution in [3.8, 4) is 21.9 Å². The molecule has 0 aliphatic heterocycles. The van der Waals surface area contributed by atoms with Crippen LogP contribution in [0.4, 0.5) is 17.2 Å². The van der Waals surface area contributed by atoms with Crippen LogP contribution in [0.1, 0.15) is 15.9 Å². The Kier molecular flexibility index (Phi) is 6.87. The van der Waals surface area contributed by atoms with Crippen molar-refractivity contribution in [3.63, 3.8) is 0 Å². The zero-order chi connectivity index (χ0) is 25.8. The molecule has 0 spiro atoms. The second-order valence-electron chi connectivity index (χ2n) is 8.23. The number of rotatable bonds is 8. The number of anilines is 3. The molecule has 1 amide bonds. The molecule has 5 rings (SSSR count). The van der Waals surface area contributed by atoms with Crippen LogP contribution in [-0.4, -0.2) is 30.1 Å². The first-order chi connectivity index (χ1) is 18.1. The van der Waals surface area contributed by atoms with E-state index in [1.807, 2.05) is 60.0 Å². The van der Waals surface area contributed by atoms with Crippen molar-refractivity contribution in [2.45, 2.75) is 6.54 Å². The van der Waals surface area contributed by atoms with Gasteiger partial charge in [-0.25, -0.2) is 9.97 Å². The molecule has 0 saturated carbocycles. The number of nitrogen functional groups attached to an aromatic ring is 1. The van der Waals surface area contributed by atoms with Gasteiger partial charge < -0.3 is 25.8 Å². The summed E-state index contributed by atoms with van der Waals surface area (Å²) in [6, 6.07) is 20.7. The van der Waals surface area contributed by atoms with Crippen molar-refractivity contribution in [3.05, 3.63) is 89.6 Å². The molecule has 9 heteroatoms. The van der Waals surface area contributed by atoms with Gasteiger partial charge in [0.1, 0.15) is 12.1 Å². The molecule has 3 aromatic carbocycles. The van der Waals surface area contributed by atoms with Crippen molar-refractivity contribution in [1.82, 2.24) is 9.97 Å². The third-order valence-corrected chi connectivity index (χ3v) is 6.84. The minimum atomic E-state index is -0.225. The van der Waals surface area contributed by atoms with Gasteiger partial charge in [-0.1, -0.05) is 24.3 Å². The number of benzene rings is 3. The summed E-state index contributed by atoms with van der Waals surface area (Å²) in [6.07, 6.45) is 1.50. The molecule has 5 aromatic rings. The maximum absolute atomic E-state index is 12.9. The molecule has 2 heterocycles. The van der Waals surface area contributed by atoms with Crippen LogP contribution in [0.3, 0.4) is 0 Å². The molecule has 0 fully saturated rings. The highest BCUT2D eigenvalue weighted by atomic mass is 32.1. The number of amides is 1. The average Bonchev–Trinajstić information content (AvgIpc) is 3.47. The highest BCUT2D eigenvalue weighted by Gasteiger charge is 2.12. The van der Waals surface area contributed by atoms with Gasteiger partial charge in [-0.2, -0.15) is 0 Å². The molecule has 0 radical (unpaired) electrons. The van der Waals surface area contributed by atoms with Gasteiger partial charge in [0.15, 0.2) is 11.5 Å². The van der Waals surface area contributed by atoms with Gasteiger partial charge in [-0.15, -0.1) is 11.3 Å². The fourth-order valence-corrected chi connectivity index (χ4v) is 4.66. The maximum Gasteiger partial charge on any atom is 0.255 e. The van der Waals surface area contributed by atoms with Crippen LogP contribution in [-0.2, 0) is 6.54 Å². The lowest BCUT2D eigenvalue weighted by molar-refractivity contribution is 0.102. The predicted molar refractivity (Wildman–Crippen MR) is 149 cm³/mol. The first-order valence-electron chi connectivity index (χ1n) is 11.5. The molecule has 4 N–H and O–H groups in total. The van der Waals surface area contributed by atoms with Gasteiger partial charge >= 0.3 is 0 Å². The lowest BCUT2D eigenvalue weighted by Gasteiger charge is -2.12. The van der Waals surface area contributed by atoms with E-state index in [2.05, 4.69) is 20.6 Å². The molecular weight excluding hydrogens is 486 g/mol. The number of methoxy groups -OCH3 is 2. The van der Waals surface area contributed by atoms with Crippen LogP contribution in [0.25, 0.3) is 21.3 Å². The van der Waals surface area contributed by atoms with Gasteiger partial charge in [0.25, 0.3) is 5.91 Å². The maximum atomic E-state index is 12.9. The normalized spacial score (nSPS) is 10.8. The molecule has 8 nitrogen and oxygen atoms in total. The molecule has 0 aliphatic carbocycles. The standard InChI is InChI=1S/C28H25N5O3S/c1-35-24-13-20-22(14-25(24)36-2)31-16-32-27(20)30-15-17-5-7-18(8-6-17)28(34)33-23-12-19(9-10-21(23)29)26-4-3-11-37-26/h3-14,16H,15,29H2,1-2H3,(H,33,34)(H,30,31,32). The number of ether oxygens (including phenoxy) is 2. The number of hydrogen-bond acceptors (Lipinski definition) is 8. The summed E-state index contributed by atoms with van der Waals surface area (Å²) in [6.45, 7) is 0.512. The number of carbonyl (C=O) groups excluding carboxylic acids is 1. The Morgan fingerprint density at radius 2 is 1.76 bits per heavy atom. The van der Waals surface area contributed by atoms with Gasteiger partial charge in [-0.3, -0.25) is 4.79 Å². The van der Waals surface area contributed by atoms with Crippen LogP contribution >= 0.6 is 11.3 Å². The summed E-state index contributed by atoms with van der Waals surface area (Å²) >= 11 is 1.64. The van der Waals surface area contributed by atoms with E-state index in [1.165, 1.54) is 6.33 Å². The third-order valence-electron chi connectivity index (χ3n) is 5.92. The highest BCUT2D eigenvalue weighted by molar-refractivity contribution is 7.13. The van der Waals surface area contributed by atoms with Crippen molar-refractivity contribution >= 4 is 45.3 Å². The van der Waals surface area contributed by atoms with E-state index in [-0.39, 0.29) is 5.91 Å². The second kappa shape index (κ2) is 10.5. The van der Waals surface area contributed by atoms with E-state index in [1.54, 1.807) is 37.7 Å². The van der Waals surface area contributed by atoms with E-state index >= 15 is 0 Å². The third kappa shape index (κ3) is 5.17. The lowest BCUT2D eigenvalue weighted by Crippen LogP contribution is -2.13. The van der Waals surface area contributed by atoms with Crippen molar-refractivity contribution in [2.24, 2.45) is 0 Å². The number of carbonyl (C=O) groups is 1. The molecular formula is C28H25N5O3S. The van der Waals surface area contributed by atoms with E-state index in [4.69, 9.17) is 15.2 Å². The van der Waals surface area contributed by atoms with Crippen LogP contribution < -0.4 is 25.8 Å². The molecule has 0 aliphatic rings. The minimum Gasteiger partial charge on any atom is -0.493 e. The summed E-state index contributed by atoms with van der Waals surface area (Å²) in [4.78, 5) is 22.7. The Morgan fingerprint density at radius 1 is 0.973 bits per heavy atom. The van der Waals surface area contributed by atoms with Gasteiger partial charge in [-0.05, 0) is 52.9 Å². The Balaban J connectivity index is 1.28. The largest absolute Gasteiger partial charge is 0.493 e. The van der Waals surface area contributed by atoms with E-state index in [0.717, 1.165) is 26.9 Å². The predicted octanol–water partition coefficient (Wildman–Crippen LogP) is 5.82. The van der Waals surface area contributed by atoms with Crippen LogP contribution in [0, 0.1) is 0 Å². The lowest BCUT2D eigenvalue weighted by atomic mass is 10.1. The highest BCUT2D eigenvalue weighted by Crippen LogP contribution is 2.34. The van der Waals surface area contributed by atoms with Crippen molar-refractivity contribution < 1.29 is 14.3 Å². The summed E-state index contributed by atoms with van der Waals surface area (Å²) < 4.78 is 10.8. The molecule has 0 saturated heterocycles. The number of aromatic nitrogens is 2. The second-order valence-corrected chi connectivity index (χ2v) is 9.18. The first-order valence-corrected chi connectivity index (χ1v) is 12.4. The Hall–Kier alpha value is -4.63. The Morgan fingerprint density at radius 3 is 2.49 bits per heavy atom. The number of nitrogens with zero attached hydrogens (tertiary/aromatic N) is 2. The number of hydrogen-bond donors (Lipinski definition) is 3. The van der Waals surface area contributed by atoms with Crippen molar-refractivity contribution in [1.29, 1.82) is 0 Å². The zero-order valence-electron chi connectivity index (χ0n) is 20.3. The van der Waals surface area contributed by atoms with Gasteiger partial charge in [0, 0.05) is 28.4 Å². The topological polar surface area (TPSA) is 111 Å². The first kappa shape index (κ1) is 24.1. The van der Waals surface area contributed by atoms with Gasteiger partial charge in [0.2, 0.25) is 0 Å². The quantitative estimate of drug-likeness (QED) is 0.225. The van der Waals surface area contributed by atoms with Crippen molar-refractivity contribution in [2.75, 3.05) is 30.6 Å². The fourth-order valence-electron chi connectivity index (χ4n) is 3.94. The Bertz CT molecular complexity index is 1550. The zero-order valence-corrected chi connectivity index (χ0v) is 21.1. The van der Waals surface area contributed by atoms with Crippen LogP contribution in [0.5, 0.6) is 11.5 Å². The molecule has 0 bridgehead atoms. The SMILES string of the molecule is COc1cc2ncnc(NCc3ccc(C(=O)Nc4cc(-c5cccs5)ccc4N)cc3)c2cc1OC. The van der Waals surface area contributed by atoms with Crippen LogP contribution in [0.15, 0.2) is 78.4 Å². The minimum absolute atomic E-state index is 0.225. The summed E-state index contributed by atoms with van der Waals surface area (Å²) in [7, 11) is 3.18. The van der Waals surface area contributed by atoms with E-state index in [9.17, 15) is 4.79 Å². The monoisotopic (exact) mass is 511 g/mol. The molecule has 0 atom stereocenters. The molecule has 37 heavy (non-hydrogen) atoms. The van der Waals surface area contributed by atoms with Gasteiger partial charge in [0.05, 0.1) is 31.1 Å². The summed E-state index contributed by atoms with van der Waals surface area (Å²) in [5.41, 5.74) is 10.5. The number of fused-ring (bicyclic) bond motifs is 1.